The fraction of sp³-hybridized carbons (Fsp3) is 0.308. The fourth-order valence-electron chi connectivity index (χ4n) is 1.97. The van der Waals surface area contributed by atoms with Crippen LogP contribution in [0.5, 0.6) is 5.75 Å². The standard InChI is InChI=1S/C13H15F2N3O/c1-7-17-13(11(6-16)18(7)2)8-4-10(15)12(19-3)5-9(8)14/h4-5H,6,16H2,1-3H3. The van der Waals surface area contributed by atoms with Crippen LogP contribution in [0.2, 0.25) is 0 Å². The molecule has 0 atom stereocenters. The molecule has 0 bridgehead atoms. The van der Waals surface area contributed by atoms with Crippen molar-refractivity contribution in [1.82, 2.24) is 9.55 Å². The largest absolute Gasteiger partial charge is 0.494 e. The van der Waals surface area contributed by atoms with Crippen LogP contribution >= 0.6 is 0 Å². The van der Waals surface area contributed by atoms with Crippen LogP contribution in [0, 0.1) is 18.6 Å². The van der Waals surface area contributed by atoms with Gasteiger partial charge in [-0.2, -0.15) is 0 Å². The summed E-state index contributed by atoms with van der Waals surface area (Å²) in [4.78, 5) is 4.24. The zero-order valence-electron chi connectivity index (χ0n) is 11.0. The summed E-state index contributed by atoms with van der Waals surface area (Å²) in [5, 5.41) is 0. The molecular formula is C13H15F2N3O. The molecule has 2 N–H and O–H groups in total. The third-order valence-corrected chi connectivity index (χ3v) is 3.13. The summed E-state index contributed by atoms with van der Waals surface area (Å²) in [6, 6.07) is 2.09. The Balaban J connectivity index is 2.65. The number of halogens is 2. The van der Waals surface area contributed by atoms with Crippen molar-refractivity contribution >= 4 is 0 Å². The molecule has 0 radical (unpaired) electrons. The average molecular weight is 267 g/mol. The number of imidazole rings is 1. The summed E-state index contributed by atoms with van der Waals surface area (Å²) in [6.45, 7) is 1.97. The van der Waals surface area contributed by atoms with Gasteiger partial charge in [0.05, 0.1) is 18.5 Å². The van der Waals surface area contributed by atoms with Crippen LogP contribution in [0.25, 0.3) is 11.3 Å². The average Bonchev–Trinajstić information content (AvgIpc) is 2.67. The number of nitrogens with zero attached hydrogens (tertiary/aromatic N) is 2. The summed E-state index contributed by atoms with van der Waals surface area (Å²) < 4.78 is 34.2. The SMILES string of the molecule is COc1cc(F)c(-c2nc(C)n(C)c2CN)cc1F. The Hall–Kier alpha value is -1.95. The highest BCUT2D eigenvalue weighted by atomic mass is 19.1. The number of nitrogens with two attached hydrogens (primary N) is 1. The maximum atomic E-state index is 14.0. The molecule has 0 amide bonds. The van der Waals surface area contributed by atoms with Gasteiger partial charge in [-0.1, -0.05) is 0 Å². The molecule has 2 aromatic rings. The Morgan fingerprint density at radius 1 is 1.32 bits per heavy atom. The molecule has 0 aliphatic carbocycles. The number of aromatic nitrogens is 2. The van der Waals surface area contributed by atoms with E-state index in [4.69, 9.17) is 10.5 Å². The minimum absolute atomic E-state index is 0.0856. The number of rotatable bonds is 3. The fourth-order valence-corrected chi connectivity index (χ4v) is 1.97. The van der Waals surface area contributed by atoms with Crippen molar-refractivity contribution in [1.29, 1.82) is 0 Å². The minimum atomic E-state index is -0.634. The molecule has 102 valence electrons. The summed E-state index contributed by atoms with van der Waals surface area (Å²) in [6.07, 6.45) is 0. The minimum Gasteiger partial charge on any atom is -0.494 e. The Morgan fingerprint density at radius 3 is 2.58 bits per heavy atom. The number of ether oxygens (including phenoxy) is 1. The van der Waals surface area contributed by atoms with Crippen LogP contribution in [0.4, 0.5) is 8.78 Å². The number of aryl methyl sites for hydroxylation is 1. The molecular weight excluding hydrogens is 252 g/mol. The van der Waals surface area contributed by atoms with Crippen LogP contribution < -0.4 is 10.5 Å². The van der Waals surface area contributed by atoms with Gasteiger partial charge in [-0.3, -0.25) is 0 Å². The number of hydrogen-bond donors (Lipinski definition) is 1. The van der Waals surface area contributed by atoms with E-state index in [1.165, 1.54) is 7.11 Å². The lowest BCUT2D eigenvalue weighted by Gasteiger charge is -2.07. The van der Waals surface area contributed by atoms with E-state index in [0.717, 1.165) is 12.1 Å². The van der Waals surface area contributed by atoms with Gasteiger partial charge in [-0.15, -0.1) is 0 Å². The first kappa shape index (κ1) is 13.5. The van der Waals surface area contributed by atoms with Gasteiger partial charge < -0.3 is 15.0 Å². The molecule has 1 aromatic heterocycles. The van der Waals surface area contributed by atoms with Gasteiger partial charge >= 0.3 is 0 Å². The lowest BCUT2D eigenvalue weighted by molar-refractivity contribution is 0.383. The van der Waals surface area contributed by atoms with Gasteiger partial charge in [0.2, 0.25) is 0 Å². The topological polar surface area (TPSA) is 53.1 Å². The maximum Gasteiger partial charge on any atom is 0.165 e. The molecule has 0 aliphatic heterocycles. The summed E-state index contributed by atoms with van der Waals surface area (Å²) in [5.74, 6) is -0.675. The van der Waals surface area contributed by atoms with E-state index in [9.17, 15) is 8.78 Å². The predicted molar refractivity (Wildman–Crippen MR) is 67.7 cm³/mol. The van der Waals surface area contributed by atoms with Crippen molar-refractivity contribution in [2.45, 2.75) is 13.5 Å². The van der Waals surface area contributed by atoms with Crippen molar-refractivity contribution in [3.05, 3.63) is 35.3 Å². The molecule has 1 aromatic carbocycles. The van der Waals surface area contributed by atoms with E-state index in [1.54, 1.807) is 18.5 Å². The van der Waals surface area contributed by atoms with Crippen molar-refractivity contribution in [2.24, 2.45) is 12.8 Å². The third kappa shape index (κ3) is 2.19. The van der Waals surface area contributed by atoms with E-state index in [1.807, 2.05) is 0 Å². The summed E-state index contributed by atoms with van der Waals surface area (Å²) in [7, 11) is 3.07. The highest BCUT2D eigenvalue weighted by molar-refractivity contribution is 5.64. The lowest BCUT2D eigenvalue weighted by Crippen LogP contribution is -2.06. The number of hydrogen-bond acceptors (Lipinski definition) is 3. The van der Waals surface area contributed by atoms with Crippen molar-refractivity contribution in [2.75, 3.05) is 7.11 Å². The van der Waals surface area contributed by atoms with Crippen LogP contribution in [0.1, 0.15) is 11.5 Å². The molecule has 0 aliphatic rings. The van der Waals surface area contributed by atoms with E-state index in [-0.39, 0.29) is 17.9 Å². The molecule has 4 nitrogen and oxygen atoms in total. The maximum absolute atomic E-state index is 14.0. The molecule has 0 saturated heterocycles. The smallest absolute Gasteiger partial charge is 0.165 e. The first-order valence-electron chi connectivity index (χ1n) is 5.75. The van der Waals surface area contributed by atoms with Crippen LogP contribution in [-0.4, -0.2) is 16.7 Å². The molecule has 0 unspecified atom stereocenters. The van der Waals surface area contributed by atoms with Gasteiger partial charge in [-0.25, -0.2) is 13.8 Å². The van der Waals surface area contributed by atoms with Gasteiger partial charge in [-0.05, 0) is 13.0 Å². The Kier molecular flexibility index (Phi) is 3.53. The predicted octanol–water partition coefficient (Wildman–Crippen LogP) is 2.14. The Labute approximate surface area is 109 Å². The molecule has 6 heteroatoms. The summed E-state index contributed by atoms with van der Waals surface area (Å²) >= 11 is 0. The zero-order chi connectivity index (χ0) is 14.2. The lowest BCUT2D eigenvalue weighted by atomic mass is 10.1. The van der Waals surface area contributed by atoms with E-state index < -0.39 is 11.6 Å². The molecule has 2 rings (SSSR count). The van der Waals surface area contributed by atoms with Crippen LogP contribution in [0.3, 0.4) is 0 Å². The number of methoxy groups -OCH3 is 1. The second kappa shape index (κ2) is 4.97. The van der Waals surface area contributed by atoms with Crippen molar-refractivity contribution in [3.63, 3.8) is 0 Å². The second-order valence-electron chi connectivity index (χ2n) is 4.18. The van der Waals surface area contributed by atoms with Gasteiger partial charge in [0.25, 0.3) is 0 Å². The van der Waals surface area contributed by atoms with Crippen LogP contribution in [0.15, 0.2) is 12.1 Å². The first-order valence-corrected chi connectivity index (χ1v) is 5.75. The number of benzene rings is 1. The van der Waals surface area contributed by atoms with E-state index in [0.29, 0.717) is 17.2 Å². The normalized spacial score (nSPS) is 10.8. The van der Waals surface area contributed by atoms with E-state index >= 15 is 0 Å². The highest BCUT2D eigenvalue weighted by Gasteiger charge is 2.19. The molecule has 1 heterocycles. The van der Waals surface area contributed by atoms with Gasteiger partial charge in [0, 0.05) is 25.2 Å². The zero-order valence-corrected chi connectivity index (χ0v) is 11.0. The first-order chi connectivity index (χ1) is 8.99. The van der Waals surface area contributed by atoms with Gasteiger partial charge in [0.1, 0.15) is 11.6 Å². The monoisotopic (exact) mass is 267 g/mol. The highest BCUT2D eigenvalue weighted by Crippen LogP contribution is 2.30. The Morgan fingerprint density at radius 2 is 2.00 bits per heavy atom. The third-order valence-electron chi connectivity index (χ3n) is 3.13. The molecule has 0 spiro atoms. The Bertz CT molecular complexity index is 623. The van der Waals surface area contributed by atoms with Crippen molar-refractivity contribution < 1.29 is 13.5 Å². The van der Waals surface area contributed by atoms with Crippen LogP contribution in [-0.2, 0) is 13.6 Å². The van der Waals surface area contributed by atoms with Gasteiger partial charge in [0.15, 0.2) is 11.6 Å². The molecule has 19 heavy (non-hydrogen) atoms. The molecule has 0 fully saturated rings. The quantitative estimate of drug-likeness (QED) is 0.927. The van der Waals surface area contributed by atoms with E-state index in [2.05, 4.69) is 4.98 Å². The van der Waals surface area contributed by atoms with Crippen molar-refractivity contribution in [3.8, 4) is 17.0 Å². The summed E-state index contributed by atoms with van der Waals surface area (Å²) in [5.41, 5.74) is 6.75. The second-order valence-corrected chi connectivity index (χ2v) is 4.18. The molecule has 0 saturated carbocycles.